The maximum absolute atomic E-state index is 5.65. The molecule has 0 N–H and O–H groups in total. The molecular weight excluding hydrogens is 216 g/mol. The van der Waals surface area contributed by atoms with Crippen LogP contribution in [-0.2, 0) is 14.2 Å². The highest BCUT2D eigenvalue weighted by Gasteiger charge is 2.36. The van der Waals surface area contributed by atoms with Gasteiger partial charge >= 0.3 is 0 Å². The third-order valence-electron chi connectivity index (χ3n) is 3.51. The molecule has 0 fully saturated rings. The van der Waals surface area contributed by atoms with E-state index in [2.05, 4.69) is 41.2 Å². The number of hydrogen-bond donors (Lipinski definition) is 0. The first-order valence-corrected chi connectivity index (χ1v) is 6.12. The standard InChI is InChI=1S/C14H28O3/c1-12(14(5,6)13(2,3)4)17-11-10-16-9-8-15-7/h1,8-11H2,2-7H3. The molecule has 0 aliphatic heterocycles. The van der Waals surface area contributed by atoms with E-state index >= 15 is 0 Å². The summed E-state index contributed by atoms with van der Waals surface area (Å²) in [7, 11) is 1.66. The number of rotatable bonds is 8. The summed E-state index contributed by atoms with van der Waals surface area (Å²) in [5.74, 6) is 0.820. The summed E-state index contributed by atoms with van der Waals surface area (Å²) in [5.41, 5.74) is 0.0700. The highest BCUT2D eigenvalue weighted by Crippen LogP contribution is 2.43. The van der Waals surface area contributed by atoms with Gasteiger partial charge in [-0.2, -0.15) is 0 Å². The second-order valence-corrected chi connectivity index (χ2v) is 5.75. The van der Waals surface area contributed by atoms with Crippen LogP contribution >= 0.6 is 0 Å². The quantitative estimate of drug-likeness (QED) is 0.484. The van der Waals surface area contributed by atoms with Gasteiger partial charge in [-0.3, -0.25) is 0 Å². The average Bonchev–Trinajstić information content (AvgIpc) is 2.21. The van der Waals surface area contributed by atoms with Gasteiger partial charge in [-0.1, -0.05) is 41.2 Å². The van der Waals surface area contributed by atoms with E-state index in [-0.39, 0.29) is 10.8 Å². The minimum absolute atomic E-state index is 0.0560. The van der Waals surface area contributed by atoms with Crippen LogP contribution < -0.4 is 0 Å². The summed E-state index contributed by atoms with van der Waals surface area (Å²) >= 11 is 0. The molecule has 3 nitrogen and oxygen atoms in total. The molecule has 0 spiro atoms. The fourth-order valence-corrected chi connectivity index (χ4v) is 1.07. The molecule has 17 heavy (non-hydrogen) atoms. The van der Waals surface area contributed by atoms with Gasteiger partial charge in [0.25, 0.3) is 0 Å². The fraction of sp³-hybridized carbons (Fsp3) is 0.857. The van der Waals surface area contributed by atoms with E-state index in [1.54, 1.807) is 7.11 Å². The van der Waals surface area contributed by atoms with Crippen LogP contribution in [0, 0.1) is 10.8 Å². The van der Waals surface area contributed by atoms with Gasteiger partial charge in [0.2, 0.25) is 0 Å². The topological polar surface area (TPSA) is 27.7 Å². The van der Waals surface area contributed by atoms with Crippen molar-refractivity contribution in [2.24, 2.45) is 10.8 Å². The van der Waals surface area contributed by atoms with Crippen molar-refractivity contribution in [1.82, 2.24) is 0 Å². The zero-order chi connectivity index (χ0) is 13.5. The predicted molar refractivity (Wildman–Crippen MR) is 71.0 cm³/mol. The lowest BCUT2D eigenvalue weighted by Gasteiger charge is -2.39. The van der Waals surface area contributed by atoms with E-state index in [0.29, 0.717) is 26.4 Å². The highest BCUT2D eigenvalue weighted by atomic mass is 16.5. The monoisotopic (exact) mass is 244 g/mol. The maximum atomic E-state index is 5.65. The average molecular weight is 244 g/mol. The summed E-state index contributed by atoms with van der Waals surface area (Å²) in [6, 6.07) is 0. The normalized spacial score (nSPS) is 12.6. The van der Waals surface area contributed by atoms with Crippen LogP contribution in [0.1, 0.15) is 34.6 Å². The van der Waals surface area contributed by atoms with Crippen molar-refractivity contribution < 1.29 is 14.2 Å². The fourth-order valence-electron chi connectivity index (χ4n) is 1.07. The number of allylic oxidation sites excluding steroid dienone is 1. The minimum atomic E-state index is -0.0560. The van der Waals surface area contributed by atoms with Crippen LogP contribution in [0.4, 0.5) is 0 Å². The van der Waals surface area contributed by atoms with E-state index in [0.717, 1.165) is 5.76 Å². The Hall–Kier alpha value is -0.540. The van der Waals surface area contributed by atoms with Gasteiger partial charge in [-0.25, -0.2) is 0 Å². The van der Waals surface area contributed by atoms with Crippen LogP contribution in [0.15, 0.2) is 12.3 Å². The molecule has 102 valence electrons. The smallest absolute Gasteiger partial charge is 0.111 e. The van der Waals surface area contributed by atoms with Gasteiger partial charge in [-0.05, 0) is 5.41 Å². The molecule has 0 saturated heterocycles. The largest absolute Gasteiger partial charge is 0.496 e. The van der Waals surface area contributed by atoms with E-state index in [1.165, 1.54) is 0 Å². The summed E-state index contributed by atoms with van der Waals surface area (Å²) in [6.45, 7) is 17.2. The van der Waals surface area contributed by atoms with Crippen molar-refractivity contribution in [2.45, 2.75) is 34.6 Å². The molecular formula is C14H28O3. The summed E-state index contributed by atoms with van der Waals surface area (Å²) in [4.78, 5) is 0. The van der Waals surface area contributed by atoms with E-state index in [9.17, 15) is 0 Å². The first-order chi connectivity index (χ1) is 7.73. The second kappa shape index (κ2) is 7.02. The molecule has 0 bridgehead atoms. The zero-order valence-electron chi connectivity index (χ0n) is 12.3. The van der Waals surface area contributed by atoms with Crippen LogP contribution in [0.25, 0.3) is 0 Å². The third kappa shape index (κ3) is 5.55. The van der Waals surface area contributed by atoms with E-state index in [4.69, 9.17) is 14.2 Å². The Morgan fingerprint density at radius 2 is 1.47 bits per heavy atom. The summed E-state index contributed by atoms with van der Waals surface area (Å²) < 4.78 is 15.9. The van der Waals surface area contributed by atoms with Crippen LogP contribution in [0.5, 0.6) is 0 Å². The Morgan fingerprint density at radius 1 is 0.941 bits per heavy atom. The molecule has 0 rings (SSSR count). The third-order valence-corrected chi connectivity index (χ3v) is 3.51. The molecule has 0 heterocycles. The first-order valence-electron chi connectivity index (χ1n) is 6.12. The zero-order valence-corrected chi connectivity index (χ0v) is 12.3. The van der Waals surface area contributed by atoms with Crippen LogP contribution in [0.3, 0.4) is 0 Å². The van der Waals surface area contributed by atoms with Crippen molar-refractivity contribution in [1.29, 1.82) is 0 Å². The molecule has 0 radical (unpaired) electrons. The number of ether oxygens (including phenoxy) is 3. The molecule has 0 saturated carbocycles. The van der Waals surface area contributed by atoms with Gasteiger partial charge in [-0.15, -0.1) is 0 Å². The van der Waals surface area contributed by atoms with Crippen LogP contribution in [0.2, 0.25) is 0 Å². The second-order valence-electron chi connectivity index (χ2n) is 5.75. The maximum Gasteiger partial charge on any atom is 0.111 e. The molecule has 3 heteroatoms. The Kier molecular flexibility index (Phi) is 6.80. The lowest BCUT2D eigenvalue weighted by molar-refractivity contribution is 0.0168. The molecule has 0 aliphatic carbocycles. The van der Waals surface area contributed by atoms with Crippen molar-refractivity contribution in [3.05, 3.63) is 12.3 Å². The SMILES string of the molecule is C=C(OCCOCCOC)C(C)(C)C(C)(C)C. The van der Waals surface area contributed by atoms with Gasteiger partial charge in [0.1, 0.15) is 6.61 Å². The summed E-state index contributed by atoms with van der Waals surface area (Å²) in [6.07, 6.45) is 0. The molecule has 0 atom stereocenters. The Balaban J connectivity index is 3.87. The minimum Gasteiger partial charge on any atom is -0.496 e. The number of methoxy groups -OCH3 is 1. The molecule has 0 amide bonds. The Bertz CT molecular complexity index is 226. The molecule has 0 aromatic carbocycles. The van der Waals surface area contributed by atoms with E-state index < -0.39 is 0 Å². The molecule has 0 unspecified atom stereocenters. The van der Waals surface area contributed by atoms with Gasteiger partial charge in [0.05, 0.1) is 25.6 Å². The van der Waals surface area contributed by atoms with Gasteiger partial charge in [0.15, 0.2) is 0 Å². The van der Waals surface area contributed by atoms with E-state index in [1.807, 2.05) is 0 Å². The van der Waals surface area contributed by atoms with Gasteiger partial charge in [0, 0.05) is 12.5 Å². The predicted octanol–water partition coefficient (Wildman–Crippen LogP) is 3.25. The number of hydrogen-bond acceptors (Lipinski definition) is 3. The molecule has 0 aromatic rings. The van der Waals surface area contributed by atoms with Crippen molar-refractivity contribution in [2.75, 3.05) is 33.5 Å². The van der Waals surface area contributed by atoms with Gasteiger partial charge < -0.3 is 14.2 Å². The Labute approximate surface area is 106 Å². The summed E-state index contributed by atoms with van der Waals surface area (Å²) in [5, 5.41) is 0. The highest BCUT2D eigenvalue weighted by molar-refractivity contribution is 5.04. The van der Waals surface area contributed by atoms with Crippen molar-refractivity contribution in [3.8, 4) is 0 Å². The molecule has 0 aliphatic rings. The Morgan fingerprint density at radius 3 is 1.94 bits per heavy atom. The lowest BCUT2D eigenvalue weighted by Crippen LogP contribution is -2.32. The first kappa shape index (κ1) is 16.5. The molecule has 0 aromatic heterocycles. The lowest BCUT2D eigenvalue weighted by atomic mass is 9.68. The van der Waals surface area contributed by atoms with Crippen molar-refractivity contribution in [3.63, 3.8) is 0 Å². The van der Waals surface area contributed by atoms with Crippen LogP contribution in [-0.4, -0.2) is 33.5 Å². The van der Waals surface area contributed by atoms with Crippen molar-refractivity contribution >= 4 is 0 Å².